The largest absolute Gasteiger partial charge is 0.302 e. The summed E-state index contributed by atoms with van der Waals surface area (Å²) in [5, 5.41) is 0.417. The number of hydrogen-bond donors (Lipinski definition) is 0. The highest BCUT2D eigenvalue weighted by Crippen LogP contribution is 2.29. The number of halogens is 1. The maximum Gasteiger partial charge on any atom is 0.244 e. The molecular formula is C13H16ClNO3S. The van der Waals surface area contributed by atoms with E-state index >= 15 is 0 Å². The predicted octanol–water partition coefficient (Wildman–Crippen LogP) is 2.39. The van der Waals surface area contributed by atoms with Crippen molar-refractivity contribution in [3.63, 3.8) is 0 Å². The summed E-state index contributed by atoms with van der Waals surface area (Å²) in [5.41, 5.74) is 0.527. The number of piperidine rings is 1. The fourth-order valence-electron chi connectivity index (χ4n) is 2.36. The van der Waals surface area contributed by atoms with Crippen molar-refractivity contribution >= 4 is 27.9 Å². The molecule has 1 aliphatic heterocycles. The molecule has 0 aliphatic carbocycles. The van der Waals surface area contributed by atoms with E-state index in [4.69, 9.17) is 11.6 Å². The summed E-state index contributed by atoms with van der Waals surface area (Å²) < 4.78 is 26.6. The Kier molecular flexibility index (Phi) is 4.28. The summed E-state index contributed by atoms with van der Waals surface area (Å²) in [6, 6.07) is 4.25. The van der Waals surface area contributed by atoms with Crippen LogP contribution >= 0.6 is 11.6 Å². The average molecular weight is 302 g/mol. The van der Waals surface area contributed by atoms with E-state index in [1.54, 1.807) is 19.1 Å². The minimum Gasteiger partial charge on any atom is -0.302 e. The normalized spacial score (nSPS) is 21.3. The maximum absolute atomic E-state index is 12.6. The van der Waals surface area contributed by atoms with Crippen molar-refractivity contribution in [3.05, 3.63) is 28.8 Å². The lowest BCUT2D eigenvalue weighted by Crippen LogP contribution is -2.44. The van der Waals surface area contributed by atoms with Crippen LogP contribution in [0.25, 0.3) is 0 Å². The SMILES string of the molecule is Cc1c(Cl)cccc1S(=O)(=O)N1CCCCC1C=O. The molecule has 0 saturated carbocycles. The second-order valence-corrected chi connectivity index (χ2v) is 6.94. The minimum absolute atomic E-state index is 0.189. The van der Waals surface area contributed by atoms with Gasteiger partial charge in [0.1, 0.15) is 6.29 Å². The number of carbonyl (C=O) groups excluding carboxylic acids is 1. The van der Waals surface area contributed by atoms with E-state index in [1.165, 1.54) is 10.4 Å². The third-order valence-electron chi connectivity index (χ3n) is 3.46. The van der Waals surface area contributed by atoms with E-state index in [1.807, 2.05) is 0 Å². The molecule has 1 saturated heterocycles. The Labute approximate surface area is 118 Å². The molecule has 1 unspecified atom stereocenters. The molecule has 1 atom stereocenters. The van der Waals surface area contributed by atoms with Crippen LogP contribution < -0.4 is 0 Å². The van der Waals surface area contributed by atoms with E-state index in [-0.39, 0.29) is 4.90 Å². The molecule has 19 heavy (non-hydrogen) atoms. The lowest BCUT2D eigenvalue weighted by atomic mass is 10.1. The van der Waals surface area contributed by atoms with Crippen molar-refractivity contribution in [2.45, 2.75) is 37.1 Å². The molecule has 0 radical (unpaired) electrons. The summed E-state index contributed by atoms with van der Waals surface area (Å²) >= 11 is 5.98. The van der Waals surface area contributed by atoms with E-state index in [9.17, 15) is 13.2 Å². The Bertz CT molecular complexity index is 586. The van der Waals surface area contributed by atoms with Gasteiger partial charge in [-0.25, -0.2) is 8.42 Å². The van der Waals surface area contributed by atoms with Gasteiger partial charge in [0.25, 0.3) is 0 Å². The van der Waals surface area contributed by atoms with Gasteiger partial charge in [-0.2, -0.15) is 4.31 Å². The predicted molar refractivity (Wildman–Crippen MR) is 73.8 cm³/mol. The van der Waals surface area contributed by atoms with Gasteiger partial charge in [-0.05, 0) is 37.5 Å². The van der Waals surface area contributed by atoms with Crippen molar-refractivity contribution in [2.75, 3.05) is 6.54 Å². The Morgan fingerprint density at radius 2 is 2.11 bits per heavy atom. The molecule has 0 amide bonds. The fourth-order valence-corrected chi connectivity index (χ4v) is 4.47. The van der Waals surface area contributed by atoms with Gasteiger partial charge >= 0.3 is 0 Å². The number of sulfonamides is 1. The zero-order chi connectivity index (χ0) is 14.0. The summed E-state index contributed by atoms with van der Waals surface area (Å²) in [4.78, 5) is 11.3. The third kappa shape index (κ3) is 2.68. The molecule has 1 aliphatic rings. The summed E-state index contributed by atoms with van der Waals surface area (Å²) in [6.07, 6.45) is 2.96. The van der Waals surface area contributed by atoms with Crippen molar-refractivity contribution < 1.29 is 13.2 Å². The lowest BCUT2D eigenvalue weighted by Gasteiger charge is -2.31. The second kappa shape index (κ2) is 5.61. The molecular weight excluding hydrogens is 286 g/mol. The summed E-state index contributed by atoms with van der Waals surface area (Å²) in [6.45, 7) is 2.06. The van der Waals surface area contributed by atoms with Crippen LogP contribution in [0.1, 0.15) is 24.8 Å². The Morgan fingerprint density at radius 1 is 1.37 bits per heavy atom. The standard InChI is InChI=1S/C13H16ClNO3S/c1-10-12(14)6-4-7-13(10)19(17,18)15-8-3-2-5-11(15)9-16/h4,6-7,9,11H,2-3,5,8H2,1H3. The van der Waals surface area contributed by atoms with Crippen LogP contribution in [-0.4, -0.2) is 31.6 Å². The first kappa shape index (κ1) is 14.5. The molecule has 2 rings (SSSR count). The summed E-state index contributed by atoms with van der Waals surface area (Å²) in [7, 11) is -3.66. The van der Waals surface area contributed by atoms with Crippen LogP contribution in [0.3, 0.4) is 0 Å². The molecule has 1 fully saturated rings. The monoisotopic (exact) mass is 301 g/mol. The van der Waals surface area contributed by atoms with Crippen molar-refractivity contribution in [2.24, 2.45) is 0 Å². The lowest BCUT2D eigenvalue weighted by molar-refractivity contribution is -0.111. The third-order valence-corrected chi connectivity index (χ3v) is 5.94. The van der Waals surface area contributed by atoms with Crippen LogP contribution in [0.15, 0.2) is 23.1 Å². The number of hydrogen-bond acceptors (Lipinski definition) is 3. The first-order valence-corrected chi connectivity index (χ1v) is 8.02. The molecule has 1 heterocycles. The smallest absolute Gasteiger partial charge is 0.244 e. The van der Waals surface area contributed by atoms with Crippen LogP contribution in [0.5, 0.6) is 0 Å². The Balaban J connectivity index is 2.46. The molecule has 0 aromatic heterocycles. The van der Waals surface area contributed by atoms with Gasteiger partial charge in [-0.1, -0.05) is 24.1 Å². The van der Waals surface area contributed by atoms with Crippen molar-refractivity contribution in [1.29, 1.82) is 0 Å². The molecule has 0 bridgehead atoms. The molecule has 0 N–H and O–H groups in total. The van der Waals surface area contributed by atoms with Crippen LogP contribution in [0, 0.1) is 6.92 Å². The maximum atomic E-state index is 12.6. The molecule has 104 valence electrons. The number of nitrogens with zero attached hydrogens (tertiary/aromatic N) is 1. The average Bonchev–Trinajstić information content (AvgIpc) is 2.41. The van der Waals surface area contributed by atoms with Gasteiger partial charge in [0, 0.05) is 11.6 Å². The van der Waals surface area contributed by atoms with Crippen molar-refractivity contribution in [1.82, 2.24) is 4.31 Å². The van der Waals surface area contributed by atoms with Crippen LogP contribution in [0.2, 0.25) is 5.02 Å². The number of benzene rings is 1. The van der Waals surface area contributed by atoms with Crippen LogP contribution in [0.4, 0.5) is 0 Å². The van der Waals surface area contributed by atoms with E-state index in [0.717, 1.165) is 19.1 Å². The highest BCUT2D eigenvalue weighted by Gasteiger charge is 2.34. The number of carbonyl (C=O) groups is 1. The van der Waals surface area contributed by atoms with Gasteiger partial charge in [-0.3, -0.25) is 0 Å². The fraction of sp³-hybridized carbons (Fsp3) is 0.462. The van der Waals surface area contributed by atoms with Crippen LogP contribution in [-0.2, 0) is 14.8 Å². The molecule has 4 nitrogen and oxygen atoms in total. The minimum atomic E-state index is -3.66. The highest BCUT2D eigenvalue weighted by atomic mass is 35.5. The second-order valence-electron chi connectivity index (χ2n) is 4.68. The molecule has 0 spiro atoms. The van der Waals surface area contributed by atoms with E-state index in [0.29, 0.717) is 23.6 Å². The van der Waals surface area contributed by atoms with Gasteiger partial charge in [-0.15, -0.1) is 0 Å². The summed E-state index contributed by atoms with van der Waals surface area (Å²) in [5.74, 6) is 0. The van der Waals surface area contributed by atoms with Gasteiger partial charge in [0.05, 0.1) is 10.9 Å². The molecule has 1 aromatic carbocycles. The van der Waals surface area contributed by atoms with E-state index < -0.39 is 16.1 Å². The van der Waals surface area contributed by atoms with Gasteiger partial charge < -0.3 is 4.79 Å². The number of rotatable bonds is 3. The topological polar surface area (TPSA) is 54.5 Å². The molecule has 1 aromatic rings. The Hall–Kier alpha value is -0.910. The van der Waals surface area contributed by atoms with E-state index in [2.05, 4.69) is 0 Å². The Morgan fingerprint density at radius 3 is 2.79 bits per heavy atom. The quantitative estimate of drug-likeness (QED) is 0.806. The zero-order valence-corrected chi connectivity index (χ0v) is 12.2. The van der Waals surface area contributed by atoms with Gasteiger partial charge in [0.2, 0.25) is 10.0 Å². The molecule has 6 heteroatoms. The number of aldehydes is 1. The first-order chi connectivity index (χ1) is 8.98. The first-order valence-electron chi connectivity index (χ1n) is 6.20. The van der Waals surface area contributed by atoms with Gasteiger partial charge in [0.15, 0.2) is 0 Å². The van der Waals surface area contributed by atoms with Crippen molar-refractivity contribution in [3.8, 4) is 0 Å². The highest BCUT2D eigenvalue weighted by molar-refractivity contribution is 7.89. The zero-order valence-electron chi connectivity index (χ0n) is 10.7.